The molecular formula is C13H25NO. The van der Waals surface area contributed by atoms with Crippen LogP contribution in [-0.4, -0.2) is 25.3 Å². The Morgan fingerprint density at radius 3 is 2.73 bits per heavy atom. The van der Waals surface area contributed by atoms with Crippen LogP contribution in [0.1, 0.15) is 51.9 Å². The van der Waals surface area contributed by atoms with Gasteiger partial charge in [-0.1, -0.05) is 26.2 Å². The average molecular weight is 211 g/mol. The first-order valence-electron chi connectivity index (χ1n) is 6.75. The van der Waals surface area contributed by atoms with E-state index in [1.807, 2.05) is 0 Å². The second-order valence-corrected chi connectivity index (χ2v) is 5.10. The Labute approximate surface area is 93.8 Å². The molecule has 1 saturated carbocycles. The molecule has 0 aromatic carbocycles. The topological polar surface area (TPSA) is 21.3 Å². The van der Waals surface area contributed by atoms with Crippen molar-refractivity contribution in [3.8, 4) is 0 Å². The van der Waals surface area contributed by atoms with Crippen molar-refractivity contribution < 1.29 is 4.74 Å². The molecule has 2 nitrogen and oxygen atoms in total. The van der Waals surface area contributed by atoms with Gasteiger partial charge in [-0.3, -0.25) is 0 Å². The van der Waals surface area contributed by atoms with Gasteiger partial charge in [0.15, 0.2) is 0 Å². The molecule has 2 rings (SSSR count). The van der Waals surface area contributed by atoms with Crippen LogP contribution in [0.25, 0.3) is 0 Å². The third-order valence-corrected chi connectivity index (χ3v) is 4.07. The molecule has 0 radical (unpaired) electrons. The zero-order valence-electron chi connectivity index (χ0n) is 10.0. The summed E-state index contributed by atoms with van der Waals surface area (Å²) in [4.78, 5) is 0. The standard InChI is InChI=1S/C13H25NO/c1-2-11-6-3-4-8-13(11)14-10-12-7-5-9-15-12/h11-14H,2-10H2,1H3/t11-,12-,13+/m1/s1. The second-order valence-electron chi connectivity index (χ2n) is 5.10. The normalized spacial score (nSPS) is 37.0. The third kappa shape index (κ3) is 3.18. The van der Waals surface area contributed by atoms with Gasteiger partial charge in [0.2, 0.25) is 0 Å². The van der Waals surface area contributed by atoms with Crippen molar-refractivity contribution in [3.63, 3.8) is 0 Å². The first kappa shape index (κ1) is 11.4. The highest BCUT2D eigenvalue weighted by atomic mass is 16.5. The first-order chi connectivity index (χ1) is 7.40. The summed E-state index contributed by atoms with van der Waals surface area (Å²) in [6, 6.07) is 0.771. The first-order valence-corrected chi connectivity index (χ1v) is 6.75. The Hall–Kier alpha value is -0.0800. The van der Waals surface area contributed by atoms with Crippen LogP contribution in [0.2, 0.25) is 0 Å². The van der Waals surface area contributed by atoms with Gasteiger partial charge < -0.3 is 10.1 Å². The molecule has 2 heteroatoms. The Balaban J connectivity index is 1.71. The lowest BCUT2D eigenvalue weighted by Gasteiger charge is -2.32. The van der Waals surface area contributed by atoms with Crippen LogP contribution in [0, 0.1) is 5.92 Å². The highest BCUT2D eigenvalue weighted by Gasteiger charge is 2.24. The summed E-state index contributed by atoms with van der Waals surface area (Å²) in [7, 11) is 0. The Morgan fingerprint density at radius 1 is 1.13 bits per heavy atom. The molecule has 2 aliphatic rings. The van der Waals surface area contributed by atoms with Gasteiger partial charge in [0, 0.05) is 19.2 Å². The number of ether oxygens (including phenoxy) is 1. The minimum Gasteiger partial charge on any atom is -0.377 e. The molecule has 0 amide bonds. The van der Waals surface area contributed by atoms with Crippen molar-refractivity contribution in [1.29, 1.82) is 0 Å². The summed E-state index contributed by atoms with van der Waals surface area (Å²) >= 11 is 0. The number of hydrogen-bond acceptors (Lipinski definition) is 2. The molecule has 1 aliphatic carbocycles. The third-order valence-electron chi connectivity index (χ3n) is 4.07. The molecule has 15 heavy (non-hydrogen) atoms. The zero-order chi connectivity index (χ0) is 10.5. The Kier molecular flexibility index (Phi) is 4.45. The van der Waals surface area contributed by atoms with E-state index in [1.54, 1.807) is 0 Å². The summed E-state index contributed by atoms with van der Waals surface area (Å²) in [5.41, 5.74) is 0. The highest BCUT2D eigenvalue weighted by Crippen LogP contribution is 2.27. The van der Waals surface area contributed by atoms with Crippen LogP contribution in [0.5, 0.6) is 0 Å². The van der Waals surface area contributed by atoms with Crippen molar-refractivity contribution in [1.82, 2.24) is 5.32 Å². The van der Waals surface area contributed by atoms with Gasteiger partial charge in [-0.05, 0) is 31.6 Å². The lowest BCUT2D eigenvalue weighted by atomic mass is 9.83. The fraction of sp³-hybridized carbons (Fsp3) is 1.00. The molecule has 0 aromatic rings. The van der Waals surface area contributed by atoms with Crippen LogP contribution in [0.15, 0.2) is 0 Å². The van der Waals surface area contributed by atoms with Crippen LogP contribution in [0.3, 0.4) is 0 Å². The van der Waals surface area contributed by atoms with Gasteiger partial charge in [-0.25, -0.2) is 0 Å². The highest BCUT2D eigenvalue weighted by molar-refractivity contribution is 4.81. The van der Waals surface area contributed by atoms with E-state index in [2.05, 4.69) is 12.2 Å². The largest absolute Gasteiger partial charge is 0.377 e. The van der Waals surface area contributed by atoms with Gasteiger partial charge in [-0.15, -0.1) is 0 Å². The molecule has 1 heterocycles. The smallest absolute Gasteiger partial charge is 0.0700 e. The van der Waals surface area contributed by atoms with Gasteiger partial charge in [0.1, 0.15) is 0 Å². The molecular weight excluding hydrogens is 186 g/mol. The summed E-state index contributed by atoms with van der Waals surface area (Å²) in [5.74, 6) is 0.917. The maximum absolute atomic E-state index is 5.65. The molecule has 0 spiro atoms. The molecule has 0 aromatic heterocycles. The minimum atomic E-state index is 0.504. The molecule has 0 bridgehead atoms. The lowest BCUT2D eigenvalue weighted by molar-refractivity contribution is 0.101. The lowest BCUT2D eigenvalue weighted by Crippen LogP contribution is -2.41. The van der Waals surface area contributed by atoms with Crippen molar-refractivity contribution in [2.45, 2.75) is 64.0 Å². The maximum Gasteiger partial charge on any atom is 0.0700 e. The minimum absolute atomic E-state index is 0.504. The SMILES string of the molecule is CC[C@@H]1CCCC[C@@H]1NC[C@H]1CCCO1. The maximum atomic E-state index is 5.65. The van der Waals surface area contributed by atoms with Crippen LogP contribution >= 0.6 is 0 Å². The van der Waals surface area contributed by atoms with E-state index < -0.39 is 0 Å². The second kappa shape index (κ2) is 5.86. The summed E-state index contributed by atoms with van der Waals surface area (Å²) in [5, 5.41) is 3.74. The van der Waals surface area contributed by atoms with E-state index >= 15 is 0 Å². The molecule has 2 fully saturated rings. The van der Waals surface area contributed by atoms with Gasteiger partial charge in [0.05, 0.1) is 6.10 Å². The van der Waals surface area contributed by atoms with Crippen LogP contribution in [-0.2, 0) is 4.74 Å². The number of rotatable bonds is 4. The zero-order valence-corrected chi connectivity index (χ0v) is 10.0. The molecule has 88 valence electrons. The van der Waals surface area contributed by atoms with E-state index in [4.69, 9.17) is 4.74 Å². The van der Waals surface area contributed by atoms with Crippen LogP contribution < -0.4 is 5.32 Å². The average Bonchev–Trinajstić information content (AvgIpc) is 2.79. The molecule has 1 aliphatic heterocycles. The summed E-state index contributed by atoms with van der Waals surface area (Å²) < 4.78 is 5.65. The van der Waals surface area contributed by atoms with Gasteiger partial charge >= 0.3 is 0 Å². The van der Waals surface area contributed by atoms with E-state index in [-0.39, 0.29) is 0 Å². The summed E-state index contributed by atoms with van der Waals surface area (Å²) in [6.45, 7) is 4.39. The quantitative estimate of drug-likeness (QED) is 0.772. The van der Waals surface area contributed by atoms with E-state index in [0.29, 0.717) is 6.10 Å². The Bertz CT molecular complexity index is 177. The van der Waals surface area contributed by atoms with Crippen molar-refractivity contribution in [3.05, 3.63) is 0 Å². The molecule has 3 atom stereocenters. The monoisotopic (exact) mass is 211 g/mol. The number of nitrogens with one attached hydrogen (secondary N) is 1. The van der Waals surface area contributed by atoms with E-state index in [1.165, 1.54) is 44.9 Å². The Morgan fingerprint density at radius 2 is 2.00 bits per heavy atom. The van der Waals surface area contributed by atoms with Crippen molar-refractivity contribution in [2.75, 3.05) is 13.2 Å². The predicted octanol–water partition coefficient (Wildman–Crippen LogP) is 2.72. The van der Waals surface area contributed by atoms with Gasteiger partial charge in [-0.2, -0.15) is 0 Å². The van der Waals surface area contributed by atoms with Crippen molar-refractivity contribution >= 4 is 0 Å². The van der Waals surface area contributed by atoms with E-state index in [0.717, 1.165) is 25.1 Å². The summed E-state index contributed by atoms with van der Waals surface area (Å²) in [6.07, 6.45) is 10.0. The molecule has 1 N–H and O–H groups in total. The fourth-order valence-electron chi connectivity index (χ4n) is 3.05. The van der Waals surface area contributed by atoms with Crippen molar-refractivity contribution in [2.24, 2.45) is 5.92 Å². The predicted molar refractivity (Wildman–Crippen MR) is 63.0 cm³/mol. The van der Waals surface area contributed by atoms with Gasteiger partial charge in [0.25, 0.3) is 0 Å². The van der Waals surface area contributed by atoms with Crippen LogP contribution in [0.4, 0.5) is 0 Å². The fourth-order valence-corrected chi connectivity index (χ4v) is 3.05. The number of hydrogen-bond donors (Lipinski definition) is 1. The van der Waals surface area contributed by atoms with E-state index in [9.17, 15) is 0 Å². The molecule has 0 unspecified atom stereocenters. The molecule has 1 saturated heterocycles.